The zero-order chi connectivity index (χ0) is 11.3. The molecule has 3 heteroatoms. The summed E-state index contributed by atoms with van der Waals surface area (Å²) in [6.07, 6.45) is 1.99. The number of anilines is 1. The summed E-state index contributed by atoms with van der Waals surface area (Å²) in [6.45, 7) is 4.56. The number of hydrogen-bond acceptors (Lipinski definition) is 2. The predicted octanol–water partition coefficient (Wildman–Crippen LogP) is 2.88. The molecule has 0 amide bonds. The van der Waals surface area contributed by atoms with E-state index in [4.69, 9.17) is 5.73 Å². The molecule has 84 valence electrons. The van der Waals surface area contributed by atoms with Crippen molar-refractivity contribution >= 4 is 5.69 Å². The van der Waals surface area contributed by atoms with Crippen molar-refractivity contribution in [2.45, 2.75) is 39.3 Å². The molecule has 0 aromatic heterocycles. The van der Waals surface area contributed by atoms with Crippen LogP contribution >= 0.6 is 0 Å². The van der Waals surface area contributed by atoms with Gasteiger partial charge in [0, 0.05) is 12.6 Å². The summed E-state index contributed by atoms with van der Waals surface area (Å²) in [5.74, 6) is -0.218. The van der Waals surface area contributed by atoms with Crippen LogP contribution in [-0.4, -0.2) is 6.04 Å². The second-order valence-electron chi connectivity index (χ2n) is 3.68. The fourth-order valence-corrected chi connectivity index (χ4v) is 1.52. The van der Waals surface area contributed by atoms with Crippen LogP contribution in [-0.2, 0) is 6.54 Å². The van der Waals surface area contributed by atoms with Crippen LogP contribution in [0.4, 0.5) is 10.1 Å². The van der Waals surface area contributed by atoms with Crippen molar-refractivity contribution in [3.8, 4) is 0 Å². The third kappa shape index (κ3) is 3.20. The van der Waals surface area contributed by atoms with E-state index in [9.17, 15) is 4.39 Å². The molecule has 0 radical (unpaired) electrons. The first-order valence-electron chi connectivity index (χ1n) is 5.46. The molecule has 0 unspecified atom stereocenters. The molecule has 1 aromatic rings. The molecule has 0 saturated carbocycles. The van der Waals surface area contributed by atoms with Gasteiger partial charge in [-0.3, -0.25) is 0 Å². The minimum atomic E-state index is -0.218. The molecule has 1 aromatic carbocycles. The van der Waals surface area contributed by atoms with Crippen LogP contribution in [0.1, 0.15) is 32.3 Å². The van der Waals surface area contributed by atoms with Crippen LogP contribution in [0.2, 0.25) is 0 Å². The minimum Gasteiger partial charge on any atom is -0.380 e. The van der Waals surface area contributed by atoms with Gasteiger partial charge in [-0.05, 0) is 30.5 Å². The van der Waals surface area contributed by atoms with Crippen molar-refractivity contribution in [1.29, 1.82) is 0 Å². The van der Waals surface area contributed by atoms with Crippen LogP contribution in [0.15, 0.2) is 18.2 Å². The van der Waals surface area contributed by atoms with Crippen LogP contribution in [0.5, 0.6) is 0 Å². The smallest absolute Gasteiger partial charge is 0.146 e. The van der Waals surface area contributed by atoms with E-state index in [1.165, 1.54) is 6.07 Å². The van der Waals surface area contributed by atoms with Crippen molar-refractivity contribution in [2.75, 3.05) is 5.32 Å². The Hall–Kier alpha value is -1.09. The summed E-state index contributed by atoms with van der Waals surface area (Å²) >= 11 is 0. The second kappa shape index (κ2) is 5.71. The Morgan fingerprint density at radius 1 is 1.33 bits per heavy atom. The standard InChI is InChI=1S/C12H19FN2/c1-3-10(4-2)15-12-6-5-9(8-14)7-11(12)13/h5-7,10,15H,3-4,8,14H2,1-2H3. The fraction of sp³-hybridized carbons (Fsp3) is 0.500. The van der Waals surface area contributed by atoms with Gasteiger partial charge in [0.15, 0.2) is 0 Å². The van der Waals surface area contributed by atoms with Crippen molar-refractivity contribution in [3.63, 3.8) is 0 Å². The Morgan fingerprint density at radius 2 is 2.00 bits per heavy atom. The van der Waals surface area contributed by atoms with Gasteiger partial charge in [0.05, 0.1) is 5.69 Å². The van der Waals surface area contributed by atoms with Gasteiger partial charge in [-0.15, -0.1) is 0 Å². The third-order valence-electron chi connectivity index (χ3n) is 2.61. The normalized spacial score (nSPS) is 10.7. The van der Waals surface area contributed by atoms with Gasteiger partial charge in [0.25, 0.3) is 0 Å². The SMILES string of the molecule is CCC(CC)Nc1ccc(CN)cc1F. The summed E-state index contributed by atoms with van der Waals surface area (Å²) < 4.78 is 13.6. The number of nitrogens with one attached hydrogen (secondary N) is 1. The molecule has 3 N–H and O–H groups in total. The molecular weight excluding hydrogens is 191 g/mol. The number of benzene rings is 1. The van der Waals surface area contributed by atoms with E-state index >= 15 is 0 Å². The average Bonchev–Trinajstić information content (AvgIpc) is 2.27. The number of rotatable bonds is 5. The van der Waals surface area contributed by atoms with Crippen LogP contribution in [0.25, 0.3) is 0 Å². The Balaban J connectivity index is 2.77. The molecule has 15 heavy (non-hydrogen) atoms. The summed E-state index contributed by atoms with van der Waals surface area (Å²) in [6, 6.07) is 5.44. The van der Waals surface area contributed by atoms with Crippen molar-refractivity contribution in [1.82, 2.24) is 0 Å². The van der Waals surface area contributed by atoms with Gasteiger partial charge in [-0.25, -0.2) is 4.39 Å². The van der Waals surface area contributed by atoms with E-state index in [1.807, 2.05) is 6.07 Å². The highest BCUT2D eigenvalue weighted by Crippen LogP contribution is 2.18. The van der Waals surface area contributed by atoms with Gasteiger partial charge in [0.1, 0.15) is 5.82 Å². The Bertz CT molecular complexity index is 308. The zero-order valence-electron chi connectivity index (χ0n) is 9.39. The Labute approximate surface area is 90.7 Å². The van der Waals surface area contributed by atoms with Crippen molar-refractivity contribution in [3.05, 3.63) is 29.6 Å². The van der Waals surface area contributed by atoms with E-state index < -0.39 is 0 Å². The molecule has 0 aliphatic heterocycles. The van der Waals surface area contributed by atoms with Crippen LogP contribution in [0.3, 0.4) is 0 Å². The molecule has 0 heterocycles. The Morgan fingerprint density at radius 3 is 2.47 bits per heavy atom. The molecule has 2 nitrogen and oxygen atoms in total. The monoisotopic (exact) mass is 210 g/mol. The minimum absolute atomic E-state index is 0.218. The lowest BCUT2D eigenvalue weighted by Crippen LogP contribution is -2.17. The highest BCUT2D eigenvalue weighted by molar-refractivity contribution is 5.47. The Kier molecular flexibility index (Phi) is 4.56. The highest BCUT2D eigenvalue weighted by atomic mass is 19.1. The van der Waals surface area contributed by atoms with Crippen molar-refractivity contribution in [2.24, 2.45) is 5.73 Å². The lowest BCUT2D eigenvalue weighted by atomic mass is 10.1. The maximum absolute atomic E-state index is 13.6. The first kappa shape index (κ1) is 12.0. The second-order valence-corrected chi connectivity index (χ2v) is 3.68. The summed E-state index contributed by atoms with van der Waals surface area (Å²) in [5.41, 5.74) is 6.83. The maximum atomic E-state index is 13.6. The topological polar surface area (TPSA) is 38.0 Å². The first-order valence-corrected chi connectivity index (χ1v) is 5.46. The summed E-state index contributed by atoms with van der Waals surface area (Å²) in [5, 5.41) is 3.18. The largest absolute Gasteiger partial charge is 0.380 e. The van der Waals surface area contributed by atoms with E-state index in [-0.39, 0.29) is 5.82 Å². The molecule has 0 aliphatic carbocycles. The number of halogens is 1. The molecular formula is C12H19FN2. The molecule has 0 spiro atoms. The van der Waals surface area contributed by atoms with E-state index in [0.717, 1.165) is 18.4 Å². The third-order valence-corrected chi connectivity index (χ3v) is 2.61. The summed E-state index contributed by atoms with van der Waals surface area (Å²) in [7, 11) is 0. The molecule has 0 saturated heterocycles. The van der Waals surface area contributed by atoms with Gasteiger partial charge in [-0.2, -0.15) is 0 Å². The van der Waals surface area contributed by atoms with Gasteiger partial charge in [-0.1, -0.05) is 19.9 Å². The van der Waals surface area contributed by atoms with Gasteiger partial charge < -0.3 is 11.1 Å². The van der Waals surface area contributed by atoms with E-state index in [1.54, 1.807) is 6.07 Å². The molecule has 0 atom stereocenters. The first-order chi connectivity index (χ1) is 7.21. The van der Waals surface area contributed by atoms with Crippen LogP contribution in [0, 0.1) is 5.82 Å². The summed E-state index contributed by atoms with van der Waals surface area (Å²) in [4.78, 5) is 0. The fourth-order valence-electron chi connectivity index (χ4n) is 1.52. The molecule has 1 rings (SSSR count). The molecule has 0 bridgehead atoms. The van der Waals surface area contributed by atoms with E-state index in [0.29, 0.717) is 18.3 Å². The number of hydrogen-bond donors (Lipinski definition) is 2. The lowest BCUT2D eigenvalue weighted by molar-refractivity contribution is 0.614. The quantitative estimate of drug-likeness (QED) is 0.784. The number of nitrogens with two attached hydrogens (primary N) is 1. The van der Waals surface area contributed by atoms with E-state index in [2.05, 4.69) is 19.2 Å². The lowest BCUT2D eigenvalue weighted by Gasteiger charge is -2.17. The molecule has 0 aliphatic rings. The average molecular weight is 210 g/mol. The zero-order valence-corrected chi connectivity index (χ0v) is 9.39. The highest BCUT2D eigenvalue weighted by Gasteiger charge is 2.07. The van der Waals surface area contributed by atoms with Crippen molar-refractivity contribution < 1.29 is 4.39 Å². The maximum Gasteiger partial charge on any atom is 0.146 e. The van der Waals surface area contributed by atoms with Gasteiger partial charge in [0.2, 0.25) is 0 Å². The molecule has 0 fully saturated rings. The predicted molar refractivity (Wildman–Crippen MR) is 62.3 cm³/mol. The van der Waals surface area contributed by atoms with Crippen LogP contribution < -0.4 is 11.1 Å². The van der Waals surface area contributed by atoms with Gasteiger partial charge >= 0.3 is 0 Å².